The van der Waals surface area contributed by atoms with E-state index >= 15 is 0 Å². The molecule has 1 N–H and O–H groups in total. The fourth-order valence-electron chi connectivity index (χ4n) is 1.88. The summed E-state index contributed by atoms with van der Waals surface area (Å²) in [5.74, 6) is -1.22. The minimum absolute atomic E-state index is 0.00562. The molecule has 0 saturated carbocycles. The summed E-state index contributed by atoms with van der Waals surface area (Å²) in [5.41, 5.74) is -0.151. The molecule has 1 aliphatic heterocycles. The molecule has 0 unspecified atom stereocenters. The molecule has 1 fully saturated rings. The van der Waals surface area contributed by atoms with Gasteiger partial charge in [-0.2, -0.15) is 4.31 Å². The molecule has 0 bridgehead atoms. The average molecular weight is 318 g/mol. The van der Waals surface area contributed by atoms with E-state index in [1.54, 1.807) is 0 Å². The van der Waals surface area contributed by atoms with Crippen LogP contribution in [-0.4, -0.2) is 70.3 Å². The molecule has 118 valence electrons. The van der Waals surface area contributed by atoms with Crippen molar-refractivity contribution in [2.75, 3.05) is 25.4 Å². The number of rotatable bonds is 7. The Morgan fingerprint density at radius 1 is 1.52 bits per heavy atom. The third kappa shape index (κ3) is 3.77. The number of hydrogen-bond acceptors (Lipinski definition) is 6. The smallest absolute Gasteiger partial charge is 0.358 e. The van der Waals surface area contributed by atoms with Gasteiger partial charge in [-0.1, -0.05) is 5.21 Å². The van der Waals surface area contributed by atoms with Gasteiger partial charge in [0.15, 0.2) is 5.69 Å². The Kier molecular flexibility index (Phi) is 4.59. The molecule has 9 nitrogen and oxygen atoms in total. The van der Waals surface area contributed by atoms with Crippen LogP contribution in [0.15, 0.2) is 6.20 Å². The summed E-state index contributed by atoms with van der Waals surface area (Å²) in [4.78, 5) is 10.7. The molecule has 0 atom stereocenters. The first-order valence-corrected chi connectivity index (χ1v) is 8.15. The monoisotopic (exact) mass is 318 g/mol. The lowest BCUT2D eigenvalue weighted by Crippen LogP contribution is -2.51. The van der Waals surface area contributed by atoms with Gasteiger partial charge in [0.05, 0.1) is 30.7 Å². The summed E-state index contributed by atoms with van der Waals surface area (Å²) in [6, 6.07) is -0.175. The van der Waals surface area contributed by atoms with E-state index in [0.29, 0.717) is 0 Å². The highest BCUT2D eigenvalue weighted by molar-refractivity contribution is 7.89. The zero-order chi connectivity index (χ0) is 15.6. The van der Waals surface area contributed by atoms with Gasteiger partial charge < -0.3 is 9.84 Å². The van der Waals surface area contributed by atoms with Gasteiger partial charge in [0.1, 0.15) is 0 Å². The largest absolute Gasteiger partial charge is 0.476 e. The fourth-order valence-corrected chi connectivity index (χ4v) is 3.25. The normalized spacial score (nSPS) is 17.1. The molecule has 1 aromatic rings. The van der Waals surface area contributed by atoms with Crippen molar-refractivity contribution in [3.63, 3.8) is 0 Å². The number of carbonyl (C=O) groups is 1. The zero-order valence-electron chi connectivity index (χ0n) is 11.8. The van der Waals surface area contributed by atoms with Crippen molar-refractivity contribution in [1.82, 2.24) is 19.3 Å². The highest BCUT2D eigenvalue weighted by Crippen LogP contribution is 2.23. The number of aromatic carboxylic acids is 1. The van der Waals surface area contributed by atoms with E-state index in [4.69, 9.17) is 9.84 Å². The van der Waals surface area contributed by atoms with Crippen molar-refractivity contribution in [3.05, 3.63) is 11.9 Å². The summed E-state index contributed by atoms with van der Waals surface area (Å²) in [7, 11) is -3.34. The van der Waals surface area contributed by atoms with E-state index in [2.05, 4.69) is 10.3 Å². The Bertz CT molecular complexity index is 606. The molecule has 0 amide bonds. The van der Waals surface area contributed by atoms with Gasteiger partial charge in [-0.3, -0.25) is 0 Å². The van der Waals surface area contributed by atoms with Crippen molar-refractivity contribution in [1.29, 1.82) is 0 Å². The molecule has 1 aliphatic rings. The maximum absolute atomic E-state index is 12.0. The van der Waals surface area contributed by atoms with E-state index in [9.17, 15) is 13.2 Å². The minimum Gasteiger partial charge on any atom is -0.476 e. The Hall–Kier alpha value is -1.52. The van der Waals surface area contributed by atoms with Crippen LogP contribution in [0, 0.1) is 0 Å². The lowest BCUT2D eigenvalue weighted by molar-refractivity contribution is 0.0690. The van der Waals surface area contributed by atoms with Crippen LogP contribution in [0.4, 0.5) is 0 Å². The van der Waals surface area contributed by atoms with Crippen LogP contribution in [0.2, 0.25) is 0 Å². The lowest BCUT2D eigenvalue weighted by Gasteiger charge is -2.37. The number of carboxylic acid groups (broad SMARTS) is 1. The van der Waals surface area contributed by atoms with Gasteiger partial charge in [0, 0.05) is 13.1 Å². The second-order valence-electron chi connectivity index (χ2n) is 5.10. The summed E-state index contributed by atoms with van der Waals surface area (Å²) in [6.07, 6.45) is 1.30. The van der Waals surface area contributed by atoms with Crippen LogP contribution in [0.5, 0.6) is 0 Å². The quantitative estimate of drug-likeness (QED) is 0.726. The molecule has 21 heavy (non-hydrogen) atoms. The second kappa shape index (κ2) is 6.08. The molecule has 0 spiro atoms. The molecule has 10 heteroatoms. The summed E-state index contributed by atoms with van der Waals surface area (Å²) >= 11 is 0. The van der Waals surface area contributed by atoms with Crippen LogP contribution >= 0.6 is 0 Å². The molecular formula is C11H18N4O5S. The van der Waals surface area contributed by atoms with Gasteiger partial charge in [0.2, 0.25) is 10.0 Å². The van der Waals surface area contributed by atoms with Crippen LogP contribution in [0.25, 0.3) is 0 Å². The van der Waals surface area contributed by atoms with E-state index in [-0.39, 0.29) is 43.3 Å². The predicted octanol–water partition coefficient (Wildman–Crippen LogP) is -0.412. The molecule has 0 aliphatic carbocycles. The molecular weight excluding hydrogens is 300 g/mol. The molecule has 0 radical (unpaired) electrons. The first-order valence-electron chi connectivity index (χ1n) is 6.54. The number of aromatic nitrogens is 3. The van der Waals surface area contributed by atoms with Gasteiger partial charge in [-0.15, -0.1) is 5.10 Å². The van der Waals surface area contributed by atoms with Crippen molar-refractivity contribution in [2.45, 2.75) is 26.0 Å². The standard InChI is InChI=1S/C11H18N4O5S/c1-8(2)20-3-4-21(18,19)14-5-9(6-14)15-7-10(11(16)17)12-13-15/h7-9H,3-6H2,1-2H3,(H,16,17). The molecule has 2 heterocycles. The Labute approximate surface area is 122 Å². The summed E-state index contributed by atoms with van der Waals surface area (Å²) in [5, 5.41) is 16.0. The van der Waals surface area contributed by atoms with Crippen molar-refractivity contribution in [3.8, 4) is 0 Å². The minimum atomic E-state index is -3.34. The number of carboxylic acids is 1. The first kappa shape index (κ1) is 15.9. The van der Waals surface area contributed by atoms with Gasteiger partial charge in [-0.25, -0.2) is 17.9 Å². The third-order valence-corrected chi connectivity index (χ3v) is 4.89. The van der Waals surface area contributed by atoms with Crippen LogP contribution < -0.4 is 0 Å². The van der Waals surface area contributed by atoms with Crippen molar-refractivity contribution >= 4 is 16.0 Å². The Morgan fingerprint density at radius 3 is 2.71 bits per heavy atom. The molecule has 2 rings (SSSR count). The highest BCUT2D eigenvalue weighted by atomic mass is 32.2. The topological polar surface area (TPSA) is 115 Å². The van der Waals surface area contributed by atoms with E-state index in [1.165, 1.54) is 15.2 Å². The molecule has 0 aromatic carbocycles. The Morgan fingerprint density at radius 2 is 2.19 bits per heavy atom. The van der Waals surface area contributed by atoms with Crippen LogP contribution in [-0.2, 0) is 14.8 Å². The second-order valence-corrected chi connectivity index (χ2v) is 7.18. The maximum atomic E-state index is 12.0. The third-order valence-electron chi connectivity index (χ3n) is 3.12. The van der Waals surface area contributed by atoms with Crippen molar-refractivity contribution < 1.29 is 23.1 Å². The van der Waals surface area contributed by atoms with E-state index < -0.39 is 16.0 Å². The fraction of sp³-hybridized carbons (Fsp3) is 0.727. The zero-order valence-corrected chi connectivity index (χ0v) is 12.7. The predicted molar refractivity (Wildman–Crippen MR) is 72.5 cm³/mol. The van der Waals surface area contributed by atoms with Crippen LogP contribution in [0.1, 0.15) is 30.4 Å². The first-order chi connectivity index (χ1) is 9.79. The molecule has 1 aromatic heterocycles. The highest BCUT2D eigenvalue weighted by Gasteiger charge is 2.37. The lowest BCUT2D eigenvalue weighted by atomic mass is 10.2. The summed E-state index contributed by atoms with van der Waals surface area (Å²) < 4.78 is 31.9. The van der Waals surface area contributed by atoms with E-state index in [0.717, 1.165) is 0 Å². The Balaban J connectivity index is 1.86. The van der Waals surface area contributed by atoms with E-state index in [1.807, 2.05) is 13.8 Å². The van der Waals surface area contributed by atoms with Gasteiger partial charge in [-0.05, 0) is 13.8 Å². The summed E-state index contributed by atoms with van der Waals surface area (Å²) in [6.45, 7) is 4.39. The maximum Gasteiger partial charge on any atom is 0.358 e. The number of ether oxygens (including phenoxy) is 1. The van der Waals surface area contributed by atoms with Gasteiger partial charge in [0.25, 0.3) is 0 Å². The number of sulfonamides is 1. The van der Waals surface area contributed by atoms with Crippen molar-refractivity contribution in [2.24, 2.45) is 0 Å². The SMILES string of the molecule is CC(C)OCCS(=O)(=O)N1CC(n2cc(C(=O)O)nn2)C1. The van der Waals surface area contributed by atoms with Gasteiger partial charge >= 0.3 is 5.97 Å². The molecule has 1 saturated heterocycles. The number of hydrogen-bond donors (Lipinski definition) is 1. The van der Waals surface area contributed by atoms with Crippen LogP contribution in [0.3, 0.4) is 0 Å². The average Bonchev–Trinajstić information content (AvgIpc) is 2.74. The number of nitrogens with zero attached hydrogens (tertiary/aromatic N) is 4.